The fraction of sp³-hybridized carbons (Fsp3) is 0.250. The molecule has 7 heteroatoms. The summed E-state index contributed by atoms with van der Waals surface area (Å²) in [6.07, 6.45) is 0.817. The van der Waals surface area contributed by atoms with Gasteiger partial charge in [-0.25, -0.2) is 9.18 Å². The van der Waals surface area contributed by atoms with Gasteiger partial charge in [0.05, 0.1) is 5.56 Å². The number of carbonyl (C=O) groups is 2. The van der Waals surface area contributed by atoms with Crippen LogP contribution in [0, 0.1) is 5.82 Å². The fourth-order valence-corrected chi connectivity index (χ4v) is 3.37. The second kappa shape index (κ2) is 6.37. The predicted octanol–water partition coefficient (Wildman–Crippen LogP) is 2.21. The number of hydrogen-bond acceptors (Lipinski definition) is 5. The number of esters is 1. The van der Waals surface area contributed by atoms with Gasteiger partial charge in [0.25, 0.3) is 5.91 Å². The number of benzene rings is 1. The van der Waals surface area contributed by atoms with Crippen LogP contribution in [-0.2, 0) is 22.5 Å². The summed E-state index contributed by atoms with van der Waals surface area (Å²) in [5.41, 5.74) is 6.76. The van der Waals surface area contributed by atoms with Gasteiger partial charge in [-0.15, -0.1) is 11.3 Å². The number of nitrogens with zero attached hydrogens (tertiary/aromatic N) is 1. The summed E-state index contributed by atoms with van der Waals surface area (Å²) in [7, 11) is 0. The number of halogens is 1. The van der Waals surface area contributed by atoms with Gasteiger partial charge in [0.2, 0.25) is 0 Å². The number of hydrogen-bond donors (Lipinski definition) is 1. The second-order valence-corrected chi connectivity index (χ2v) is 6.24. The molecule has 0 spiro atoms. The van der Waals surface area contributed by atoms with Gasteiger partial charge in [-0.05, 0) is 41.6 Å². The molecule has 1 aromatic heterocycles. The third-order valence-corrected chi connectivity index (χ3v) is 4.74. The van der Waals surface area contributed by atoms with Crippen LogP contribution < -0.4 is 5.73 Å². The molecule has 120 valence electrons. The standard InChI is InChI=1S/C16H15FN2O3S/c17-11-1-2-12(13(18)7-11)16(21)22-9-15(20)19-5-3-14-10(8-19)4-6-23-14/h1-2,4,6-7H,3,5,8-9,18H2. The van der Waals surface area contributed by atoms with Crippen LogP contribution in [0.3, 0.4) is 0 Å². The molecule has 3 rings (SSSR count). The van der Waals surface area contributed by atoms with Crippen LogP contribution in [0.15, 0.2) is 29.6 Å². The average molecular weight is 334 g/mol. The normalized spacial score (nSPS) is 13.5. The van der Waals surface area contributed by atoms with E-state index in [0.29, 0.717) is 13.1 Å². The summed E-state index contributed by atoms with van der Waals surface area (Å²) in [5, 5.41) is 2.01. The topological polar surface area (TPSA) is 72.6 Å². The van der Waals surface area contributed by atoms with Crippen LogP contribution in [0.2, 0.25) is 0 Å². The Morgan fingerprint density at radius 2 is 2.17 bits per heavy atom. The van der Waals surface area contributed by atoms with Crippen molar-refractivity contribution in [1.29, 1.82) is 0 Å². The van der Waals surface area contributed by atoms with E-state index in [1.807, 2.05) is 11.4 Å². The van der Waals surface area contributed by atoms with Crippen molar-refractivity contribution < 1.29 is 18.7 Å². The number of nitrogens with two attached hydrogens (primary N) is 1. The summed E-state index contributed by atoms with van der Waals surface area (Å²) in [6.45, 7) is 0.797. The fourth-order valence-electron chi connectivity index (χ4n) is 2.48. The summed E-state index contributed by atoms with van der Waals surface area (Å²) in [4.78, 5) is 27.1. The Morgan fingerprint density at radius 3 is 2.96 bits per heavy atom. The van der Waals surface area contributed by atoms with Gasteiger partial charge in [0.1, 0.15) is 5.82 Å². The molecule has 1 amide bonds. The van der Waals surface area contributed by atoms with E-state index in [0.717, 1.165) is 24.1 Å². The largest absolute Gasteiger partial charge is 0.452 e. The zero-order valence-electron chi connectivity index (χ0n) is 12.3. The molecule has 1 aliphatic rings. The van der Waals surface area contributed by atoms with E-state index in [9.17, 15) is 14.0 Å². The van der Waals surface area contributed by atoms with Crippen molar-refractivity contribution in [2.45, 2.75) is 13.0 Å². The summed E-state index contributed by atoms with van der Waals surface area (Å²) < 4.78 is 18.0. The summed E-state index contributed by atoms with van der Waals surface area (Å²) >= 11 is 1.69. The second-order valence-electron chi connectivity index (χ2n) is 5.24. The van der Waals surface area contributed by atoms with Gasteiger partial charge in [0.15, 0.2) is 6.61 Å². The van der Waals surface area contributed by atoms with E-state index < -0.39 is 11.8 Å². The Labute approximate surface area is 136 Å². The number of ether oxygens (including phenoxy) is 1. The minimum Gasteiger partial charge on any atom is -0.452 e. The van der Waals surface area contributed by atoms with Crippen molar-refractivity contribution in [1.82, 2.24) is 4.90 Å². The molecule has 0 bridgehead atoms. The number of nitrogen functional groups attached to an aromatic ring is 1. The molecule has 1 aromatic carbocycles. The maximum atomic E-state index is 13.0. The Kier molecular flexibility index (Phi) is 4.29. The van der Waals surface area contributed by atoms with E-state index in [2.05, 4.69) is 0 Å². The minimum atomic E-state index is -0.732. The number of anilines is 1. The van der Waals surface area contributed by atoms with Crippen molar-refractivity contribution in [3.8, 4) is 0 Å². The molecule has 0 atom stereocenters. The van der Waals surface area contributed by atoms with Crippen LogP contribution in [0.25, 0.3) is 0 Å². The van der Waals surface area contributed by atoms with Crippen molar-refractivity contribution in [2.24, 2.45) is 0 Å². The highest BCUT2D eigenvalue weighted by atomic mass is 32.1. The predicted molar refractivity (Wildman–Crippen MR) is 84.5 cm³/mol. The summed E-state index contributed by atoms with van der Waals surface area (Å²) in [6, 6.07) is 5.42. The molecule has 2 heterocycles. The first-order valence-electron chi connectivity index (χ1n) is 7.10. The molecule has 0 saturated carbocycles. The molecule has 5 nitrogen and oxygen atoms in total. The van der Waals surface area contributed by atoms with Crippen molar-refractivity contribution in [3.63, 3.8) is 0 Å². The first kappa shape index (κ1) is 15.5. The molecular weight excluding hydrogens is 319 g/mol. The number of fused-ring (bicyclic) bond motifs is 1. The maximum Gasteiger partial charge on any atom is 0.340 e. The number of amides is 1. The highest BCUT2D eigenvalue weighted by Gasteiger charge is 2.23. The quantitative estimate of drug-likeness (QED) is 0.690. The molecular formula is C16H15FN2O3S. The monoisotopic (exact) mass is 334 g/mol. The van der Waals surface area contributed by atoms with Crippen LogP contribution in [0.4, 0.5) is 10.1 Å². The molecule has 23 heavy (non-hydrogen) atoms. The lowest BCUT2D eigenvalue weighted by Gasteiger charge is -2.26. The van der Waals surface area contributed by atoms with Crippen molar-refractivity contribution >= 4 is 28.9 Å². The Balaban J connectivity index is 1.58. The van der Waals surface area contributed by atoms with Gasteiger partial charge in [-0.1, -0.05) is 0 Å². The maximum absolute atomic E-state index is 13.0. The molecule has 0 radical (unpaired) electrons. The number of thiophene rings is 1. The third-order valence-electron chi connectivity index (χ3n) is 3.72. The Hall–Kier alpha value is -2.41. The van der Waals surface area contributed by atoms with Gasteiger partial charge < -0.3 is 15.4 Å². The van der Waals surface area contributed by atoms with Crippen LogP contribution in [0.1, 0.15) is 20.8 Å². The highest BCUT2D eigenvalue weighted by Crippen LogP contribution is 2.24. The highest BCUT2D eigenvalue weighted by molar-refractivity contribution is 7.10. The number of rotatable bonds is 3. The van der Waals surface area contributed by atoms with E-state index in [1.54, 1.807) is 16.2 Å². The zero-order chi connectivity index (χ0) is 16.4. The zero-order valence-corrected chi connectivity index (χ0v) is 13.1. The van der Waals surface area contributed by atoms with Crippen molar-refractivity contribution in [3.05, 3.63) is 51.5 Å². The van der Waals surface area contributed by atoms with Gasteiger partial charge in [-0.3, -0.25) is 4.79 Å². The molecule has 0 aliphatic carbocycles. The van der Waals surface area contributed by atoms with E-state index in [4.69, 9.17) is 10.5 Å². The molecule has 0 fully saturated rings. The van der Waals surface area contributed by atoms with Crippen molar-refractivity contribution in [2.75, 3.05) is 18.9 Å². The van der Waals surface area contributed by atoms with E-state index in [-0.39, 0.29) is 23.8 Å². The number of carbonyl (C=O) groups excluding carboxylic acids is 2. The molecule has 1 aliphatic heterocycles. The molecule has 2 aromatic rings. The van der Waals surface area contributed by atoms with Gasteiger partial charge >= 0.3 is 5.97 Å². The minimum absolute atomic E-state index is 0.0108. The Bertz CT molecular complexity index is 760. The first-order valence-corrected chi connectivity index (χ1v) is 7.97. The van der Waals surface area contributed by atoms with Crippen LogP contribution >= 0.6 is 11.3 Å². The SMILES string of the molecule is Nc1cc(F)ccc1C(=O)OCC(=O)N1CCc2sccc2C1. The lowest BCUT2D eigenvalue weighted by Crippen LogP contribution is -2.38. The van der Waals surface area contributed by atoms with E-state index >= 15 is 0 Å². The smallest absolute Gasteiger partial charge is 0.340 e. The van der Waals surface area contributed by atoms with Crippen LogP contribution in [-0.4, -0.2) is 29.9 Å². The molecule has 0 saturated heterocycles. The van der Waals surface area contributed by atoms with E-state index in [1.165, 1.54) is 10.9 Å². The van der Waals surface area contributed by atoms with Gasteiger partial charge in [0, 0.05) is 23.7 Å². The first-order chi connectivity index (χ1) is 11.0. The lowest BCUT2D eigenvalue weighted by atomic mass is 10.1. The molecule has 0 unspecified atom stereocenters. The molecule has 2 N–H and O–H groups in total. The lowest BCUT2D eigenvalue weighted by molar-refractivity contribution is -0.135. The van der Waals surface area contributed by atoms with Crippen LogP contribution in [0.5, 0.6) is 0 Å². The Morgan fingerprint density at radius 1 is 1.35 bits per heavy atom. The average Bonchev–Trinajstić information content (AvgIpc) is 2.99. The third kappa shape index (κ3) is 3.34. The summed E-state index contributed by atoms with van der Waals surface area (Å²) in [5.74, 6) is -1.52. The van der Waals surface area contributed by atoms with Gasteiger partial charge in [-0.2, -0.15) is 0 Å².